The van der Waals surface area contributed by atoms with Crippen LogP contribution in [0.3, 0.4) is 0 Å². The van der Waals surface area contributed by atoms with Gasteiger partial charge in [0.25, 0.3) is 0 Å². The molecule has 0 atom stereocenters. The van der Waals surface area contributed by atoms with Crippen LogP contribution in [0.2, 0.25) is 0 Å². The van der Waals surface area contributed by atoms with E-state index in [1.54, 1.807) is 6.07 Å². The van der Waals surface area contributed by atoms with Crippen molar-refractivity contribution < 1.29 is 14.6 Å². The van der Waals surface area contributed by atoms with Crippen LogP contribution >= 0.6 is 0 Å². The number of pyridine rings is 1. The molecule has 0 aliphatic carbocycles. The van der Waals surface area contributed by atoms with E-state index in [2.05, 4.69) is 9.72 Å². The second-order valence-electron chi connectivity index (χ2n) is 3.84. The Balaban J connectivity index is 2.59. The highest BCUT2D eigenvalue weighted by Crippen LogP contribution is 2.20. The number of hydrogen-bond donors (Lipinski definition) is 1. The zero-order valence-corrected chi connectivity index (χ0v) is 10.2. The predicted molar refractivity (Wildman–Crippen MR) is 69.0 cm³/mol. The zero-order valence-electron chi connectivity index (χ0n) is 10.2. The van der Waals surface area contributed by atoms with E-state index in [0.29, 0.717) is 5.69 Å². The van der Waals surface area contributed by atoms with Gasteiger partial charge >= 0.3 is 5.97 Å². The Morgan fingerprint density at radius 1 is 1.22 bits per heavy atom. The standard InChI is InChI=1S/C14H13NO3/c1-9(16)13(14(17)18-2)12-8-7-10-5-3-4-6-11(10)15-12/h3-8,16H,1-2H3/b13-9-. The SMILES string of the molecule is COC(=O)/C(=C(/C)O)c1ccc2ccccc2n1. The Bertz CT molecular complexity index is 628. The summed E-state index contributed by atoms with van der Waals surface area (Å²) in [5.41, 5.74) is 1.25. The molecule has 0 unspecified atom stereocenters. The van der Waals surface area contributed by atoms with Crippen molar-refractivity contribution in [2.45, 2.75) is 6.92 Å². The van der Waals surface area contributed by atoms with E-state index in [0.717, 1.165) is 10.9 Å². The van der Waals surface area contributed by atoms with Gasteiger partial charge < -0.3 is 9.84 Å². The average molecular weight is 243 g/mol. The topological polar surface area (TPSA) is 59.4 Å². The highest BCUT2D eigenvalue weighted by molar-refractivity contribution is 6.16. The summed E-state index contributed by atoms with van der Waals surface area (Å²) >= 11 is 0. The van der Waals surface area contributed by atoms with Gasteiger partial charge in [-0.3, -0.25) is 0 Å². The first kappa shape index (κ1) is 12.1. The van der Waals surface area contributed by atoms with E-state index in [4.69, 9.17) is 0 Å². The van der Waals surface area contributed by atoms with Crippen molar-refractivity contribution in [3.8, 4) is 0 Å². The lowest BCUT2D eigenvalue weighted by molar-refractivity contribution is -0.133. The lowest BCUT2D eigenvalue weighted by atomic mass is 10.1. The summed E-state index contributed by atoms with van der Waals surface area (Å²) in [6.45, 7) is 1.43. The first-order valence-corrected chi connectivity index (χ1v) is 5.48. The smallest absolute Gasteiger partial charge is 0.343 e. The molecular formula is C14H13NO3. The fourth-order valence-electron chi connectivity index (χ4n) is 1.74. The number of esters is 1. The third kappa shape index (κ3) is 2.18. The first-order valence-electron chi connectivity index (χ1n) is 5.48. The number of rotatable bonds is 2. The zero-order chi connectivity index (χ0) is 13.1. The number of ether oxygens (including phenoxy) is 1. The van der Waals surface area contributed by atoms with Crippen LogP contribution in [0, 0.1) is 0 Å². The number of aliphatic hydroxyl groups excluding tert-OH is 1. The van der Waals surface area contributed by atoms with Gasteiger partial charge in [0.1, 0.15) is 11.3 Å². The van der Waals surface area contributed by atoms with Crippen molar-refractivity contribution in [2.75, 3.05) is 7.11 Å². The van der Waals surface area contributed by atoms with Crippen LogP contribution in [0.1, 0.15) is 12.6 Å². The summed E-state index contributed by atoms with van der Waals surface area (Å²) in [4.78, 5) is 16.0. The second kappa shape index (κ2) is 4.87. The lowest BCUT2D eigenvalue weighted by Crippen LogP contribution is -2.07. The first-order chi connectivity index (χ1) is 8.63. The van der Waals surface area contributed by atoms with E-state index < -0.39 is 5.97 Å². The van der Waals surface area contributed by atoms with E-state index in [-0.39, 0.29) is 11.3 Å². The normalized spacial score (nSPS) is 12.1. The summed E-state index contributed by atoms with van der Waals surface area (Å²) < 4.78 is 4.64. The molecule has 4 nitrogen and oxygen atoms in total. The molecule has 1 aromatic carbocycles. The number of fused-ring (bicyclic) bond motifs is 1. The Labute approximate surface area is 105 Å². The van der Waals surface area contributed by atoms with Crippen LogP contribution in [-0.4, -0.2) is 23.2 Å². The van der Waals surface area contributed by atoms with Crippen LogP contribution in [0.5, 0.6) is 0 Å². The molecule has 0 spiro atoms. The summed E-state index contributed by atoms with van der Waals surface area (Å²) in [7, 11) is 1.27. The maximum atomic E-state index is 11.6. The number of carbonyl (C=O) groups excluding carboxylic acids is 1. The van der Waals surface area contributed by atoms with E-state index in [1.165, 1.54) is 14.0 Å². The number of aromatic nitrogens is 1. The number of hydrogen-bond acceptors (Lipinski definition) is 4. The van der Waals surface area contributed by atoms with Gasteiger partial charge in [0, 0.05) is 5.39 Å². The maximum absolute atomic E-state index is 11.6. The predicted octanol–water partition coefficient (Wildman–Crippen LogP) is 2.70. The third-order valence-corrected chi connectivity index (χ3v) is 2.61. The number of nitrogens with zero attached hydrogens (tertiary/aromatic N) is 1. The van der Waals surface area contributed by atoms with Gasteiger partial charge in [-0.15, -0.1) is 0 Å². The number of benzene rings is 1. The minimum absolute atomic E-state index is 0.0863. The van der Waals surface area contributed by atoms with E-state index in [9.17, 15) is 9.90 Å². The molecular weight excluding hydrogens is 230 g/mol. The fourth-order valence-corrected chi connectivity index (χ4v) is 1.74. The third-order valence-electron chi connectivity index (χ3n) is 2.61. The Morgan fingerprint density at radius 3 is 2.61 bits per heavy atom. The van der Waals surface area contributed by atoms with Gasteiger partial charge in [0.05, 0.1) is 18.3 Å². The molecule has 2 aromatic rings. The van der Waals surface area contributed by atoms with E-state index >= 15 is 0 Å². The molecule has 0 saturated heterocycles. The molecule has 2 rings (SSSR count). The van der Waals surface area contributed by atoms with Gasteiger partial charge in [-0.25, -0.2) is 9.78 Å². The summed E-state index contributed by atoms with van der Waals surface area (Å²) in [5.74, 6) is -0.706. The van der Waals surface area contributed by atoms with Crippen molar-refractivity contribution in [3.63, 3.8) is 0 Å². The molecule has 0 saturated carbocycles. The molecule has 0 bridgehead atoms. The molecule has 1 N–H and O–H groups in total. The van der Waals surface area contributed by atoms with Crippen molar-refractivity contribution in [1.82, 2.24) is 4.98 Å². The highest BCUT2D eigenvalue weighted by Gasteiger charge is 2.17. The number of methoxy groups -OCH3 is 1. The number of carbonyl (C=O) groups is 1. The number of aliphatic hydroxyl groups is 1. The lowest BCUT2D eigenvalue weighted by Gasteiger charge is -2.07. The van der Waals surface area contributed by atoms with Crippen LogP contribution in [0.4, 0.5) is 0 Å². The average Bonchev–Trinajstić information content (AvgIpc) is 2.38. The van der Waals surface area contributed by atoms with E-state index in [1.807, 2.05) is 30.3 Å². The molecule has 1 aromatic heterocycles. The van der Waals surface area contributed by atoms with Crippen LogP contribution < -0.4 is 0 Å². The van der Waals surface area contributed by atoms with Gasteiger partial charge in [-0.05, 0) is 19.1 Å². The Kier molecular flexibility index (Phi) is 3.28. The Morgan fingerprint density at radius 2 is 1.94 bits per heavy atom. The molecule has 0 aliphatic rings. The number of para-hydroxylation sites is 1. The number of allylic oxidation sites excluding steroid dienone is 1. The monoisotopic (exact) mass is 243 g/mol. The summed E-state index contributed by atoms with van der Waals surface area (Å²) in [6, 6.07) is 11.1. The van der Waals surface area contributed by atoms with Crippen LogP contribution in [0.25, 0.3) is 16.5 Å². The largest absolute Gasteiger partial charge is 0.512 e. The molecule has 0 aliphatic heterocycles. The summed E-state index contributed by atoms with van der Waals surface area (Å²) in [6.07, 6.45) is 0. The van der Waals surface area contributed by atoms with Crippen molar-refractivity contribution >= 4 is 22.4 Å². The van der Waals surface area contributed by atoms with Crippen LogP contribution in [-0.2, 0) is 9.53 Å². The fraction of sp³-hybridized carbons (Fsp3) is 0.143. The van der Waals surface area contributed by atoms with Gasteiger partial charge in [0.15, 0.2) is 0 Å². The molecule has 0 amide bonds. The van der Waals surface area contributed by atoms with Crippen molar-refractivity contribution in [1.29, 1.82) is 0 Å². The molecule has 1 heterocycles. The second-order valence-corrected chi connectivity index (χ2v) is 3.84. The molecule has 0 fully saturated rings. The minimum atomic E-state index is -0.599. The highest BCUT2D eigenvalue weighted by atomic mass is 16.5. The molecule has 0 radical (unpaired) electrons. The molecule has 4 heteroatoms. The van der Waals surface area contributed by atoms with Crippen LogP contribution in [0.15, 0.2) is 42.2 Å². The Hall–Kier alpha value is -2.36. The maximum Gasteiger partial charge on any atom is 0.343 e. The van der Waals surface area contributed by atoms with Gasteiger partial charge in [-0.1, -0.05) is 24.3 Å². The van der Waals surface area contributed by atoms with Gasteiger partial charge in [-0.2, -0.15) is 0 Å². The molecule has 18 heavy (non-hydrogen) atoms. The minimum Gasteiger partial charge on any atom is -0.512 e. The van der Waals surface area contributed by atoms with Gasteiger partial charge in [0.2, 0.25) is 0 Å². The van der Waals surface area contributed by atoms with Crippen molar-refractivity contribution in [3.05, 3.63) is 47.9 Å². The summed E-state index contributed by atoms with van der Waals surface area (Å²) in [5, 5.41) is 10.6. The van der Waals surface area contributed by atoms with Crippen molar-refractivity contribution in [2.24, 2.45) is 0 Å². The quantitative estimate of drug-likeness (QED) is 0.500. The molecule has 92 valence electrons.